The second kappa shape index (κ2) is 4.95. The van der Waals surface area contributed by atoms with Crippen molar-refractivity contribution in [1.29, 1.82) is 0 Å². The topological polar surface area (TPSA) is 26.3 Å². The van der Waals surface area contributed by atoms with Gasteiger partial charge in [-0.05, 0) is 40.5 Å². The first kappa shape index (κ1) is 12.6. The predicted molar refractivity (Wildman–Crippen MR) is 79.6 cm³/mol. The molecule has 2 heterocycles. The van der Waals surface area contributed by atoms with Crippen LogP contribution in [-0.4, -0.2) is 12.7 Å². The lowest BCUT2D eigenvalue weighted by atomic mass is 9.64. The monoisotopic (exact) mass is 270 g/mol. The molecule has 2 aromatic rings. The van der Waals surface area contributed by atoms with Gasteiger partial charge in [0.05, 0.1) is 11.5 Å². The summed E-state index contributed by atoms with van der Waals surface area (Å²) in [6, 6.07) is 8.24. The van der Waals surface area contributed by atoms with Gasteiger partial charge in [-0.2, -0.15) is 0 Å². The van der Waals surface area contributed by atoms with E-state index in [-0.39, 0.29) is 12.7 Å². The Balaban J connectivity index is 1.83. The van der Waals surface area contributed by atoms with Crippen LogP contribution in [0.3, 0.4) is 0 Å². The normalized spacial score (nSPS) is 13.7. The molecule has 19 heavy (non-hydrogen) atoms. The molecule has 1 aromatic carbocycles. The molecule has 0 spiro atoms. The summed E-state index contributed by atoms with van der Waals surface area (Å²) in [5.41, 5.74) is 4.63. The standard InChI is InChI=1S/C15H15BO2S/c1-10-5-6-19-15(10)14(17)8-11-3-4-12-9-18-16(2)13(12)7-11/h3-7H,8-9H2,1-2H3. The number of benzene rings is 1. The van der Waals surface area contributed by atoms with Gasteiger partial charge >= 0.3 is 6.92 Å². The minimum atomic E-state index is 0.147. The lowest BCUT2D eigenvalue weighted by molar-refractivity contribution is 0.0996. The van der Waals surface area contributed by atoms with E-state index in [2.05, 4.69) is 19.0 Å². The number of Topliss-reactive ketones (excluding diaryl/α,β-unsaturated/α-hetero) is 1. The smallest absolute Gasteiger partial charge is 0.324 e. The molecular formula is C15H15BO2S. The van der Waals surface area contributed by atoms with Crippen LogP contribution in [0, 0.1) is 6.92 Å². The minimum absolute atomic E-state index is 0.147. The Morgan fingerprint density at radius 3 is 3.00 bits per heavy atom. The second-order valence-corrected chi connectivity index (χ2v) is 5.94. The average molecular weight is 270 g/mol. The van der Waals surface area contributed by atoms with Crippen LogP contribution in [-0.2, 0) is 17.7 Å². The molecule has 0 amide bonds. The fraction of sp³-hybridized carbons (Fsp3) is 0.267. The first-order chi connectivity index (χ1) is 9.15. The maximum atomic E-state index is 12.3. The lowest BCUT2D eigenvalue weighted by Gasteiger charge is -2.05. The van der Waals surface area contributed by atoms with Crippen LogP contribution in [0.5, 0.6) is 0 Å². The molecule has 4 heteroatoms. The molecule has 1 aromatic heterocycles. The summed E-state index contributed by atoms with van der Waals surface area (Å²) in [7, 11) is 0. The number of carbonyl (C=O) groups is 1. The van der Waals surface area contributed by atoms with Gasteiger partial charge in [0.2, 0.25) is 0 Å². The molecule has 1 aliphatic rings. The van der Waals surface area contributed by atoms with E-state index in [4.69, 9.17) is 4.65 Å². The molecule has 0 saturated carbocycles. The Morgan fingerprint density at radius 2 is 2.26 bits per heavy atom. The van der Waals surface area contributed by atoms with Gasteiger partial charge in [-0.25, -0.2) is 0 Å². The third-order valence-electron chi connectivity index (χ3n) is 3.62. The van der Waals surface area contributed by atoms with Crippen molar-refractivity contribution in [1.82, 2.24) is 0 Å². The molecular weight excluding hydrogens is 255 g/mol. The van der Waals surface area contributed by atoms with Crippen LogP contribution >= 0.6 is 11.3 Å². The predicted octanol–water partition coefficient (Wildman–Crippen LogP) is 2.84. The summed E-state index contributed by atoms with van der Waals surface area (Å²) >= 11 is 1.53. The number of hydrogen-bond acceptors (Lipinski definition) is 3. The fourth-order valence-corrected chi connectivity index (χ4v) is 3.36. The number of fused-ring (bicyclic) bond motifs is 1. The van der Waals surface area contributed by atoms with Gasteiger partial charge < -0.3 is 4.65 Å². The van der Waals surface area contributed by atoms with Crippen LogP contribution in [0.1, 0.15) is 26.4 Å². The zero-order valence-electron chi connectivity index (χ0n) is 11.1. The molecule has 0 atom stereocenters. The molecule has 0 radical (unpaired) electrons. The molecule has 0 unspecified atom stereocenters. The van der Waals surface area contributed by atoms with Crippen molar-refractivity contribution in [2.75, 3.05) is 0 Å². The maximum Gasteiger partial charge on any atom is 0.324 e. The maximum absolute atomic E-state index is 12.3. The molecule has 1 aliphatic heterocycles. The van der Waals surface area contributed by atoms with E-state index in [9.17, 15) is 4.79 Å². The second-order valence-electron chi connectivity index (χ2n) is 5.02. The number of aryl methyl sites for hydroxylation is 1. The van der Waals surface area contributed by atoms with E-state index >= 15 is 0 Å². The number of rotatable bonds is 3. The summed E-state index contributed by atoms with van der Waals surface area (Å²) in [5, 5.41) is 1.97. The van der Waals surface area contributed by atoms with E-state index in [1.54, 1.807) is 0 Å². The first-order valence-corrected chi connectivity index (χ1v) is 7.33. The first-order valence-electron chi connectivity index (χ1n) is 6.46. The van der Waals surface area contributed by atoms with Crippen molar-refractivity contribution in [3.05, 3.63) is 51.2 Å². The van der Waals surface area contributed by atoms with Gasteiger partial charge in [-0.3, -0.25) is 4.79 Å². The summed E-state index contributed by atoms with van der Waals surface area (Å²) < 4.78 is 5.59. The number of ketones is 1. The summed E-state index contributed by atoms with van der Waals surface area (Å²) in [5.74, 6) is 0.207. The Morgan fingerprint density at radius 1 is 1.42 bits per heavy atom. The minimum Gasteiger partial charge on any atom is -0.427 e. The molecule has 0 bridgehead atoms. The van der Waals surface area contributed by atoms with Gasteiger partial charge in [-0.15, -0.1) is 11.3 Å². The van der Waals surface area contributed by atoms with Gasteiger partial charge in [0, 0.05) is 6.42 Å². The van der Waals surface area contributed by atoms with Crippen LogP contribution < -0.4 is 5.46 Å². The van der Waals surface area contributed by atoms with Crippen molar-refractivity contribution in [3.63, 3.8) is 0 Å². The molecule has 3 rings (SSSR count). The zero-order valence-corrected chi connectivity index (χ0v) is 11.9. The van der Waals surface area contributed by atoms with Crippen LogP contribution in [0.2, 0.25) is 6.82 Å². The Bertz CT molecular complexity index is 633. The Kier molecular flexibility index (Phi) is 3.29. The zero-order chi connectivity index (χ0) is 13.4. The van der Waals surface area contributed by atoms with E-state index < -0.39 is 0 Å². The van der Waals surface area contributed by atoms with E-state index in [0.29, 0.717) is 13.0 Å². The third kappa shape index (κ3) is 2.38. The highest BCUT2D eigenvalue weighted by molar-refractivity contribution is 7.12. The lowest BCUT2D eigenvalue weighted by Crippen LogP contribution is -2.24. The molecule has 0 saturated heterocycles. The van der Waals surface area contributed by atoms with Crippen LogP contribution in [0.4, 0.5) is 0 Å². The SMILES string of the molecule is CB1OCc2ccc(CC(=O)c3sccc3C)cc21. The summed E-state index contributed by atoms with van der Waals surface area (Å²) in [4.78, 5) is 13.1. The number of thiophene rings is 1. The Labute approximate surface area is 117 Å². The van der Waals surface area contributed by atoms with E-state index in [1.807, 2.05) is 24.4 Å². The van der Waals surface area contributed by atoms with Crippen molar-refractivity contribution < 1.29 is 9.45 Å². The molecule has 0 fully saturated rings. The highest BCUT2D eigenvalue weighted by atomic mass is 32.1. The Hall–Kier alpha value is -1.39. The van der Waals surface area contributed by atoms with Crippen LogP contribution in [0.15, 0.2) is 29.6 Å². The molecule has 2 nitrogen and oxygen atoms in total. The highest BCUT2D eigenvalue weighted by Crippen LogP contribution is 2.19. The van der Waals surface area contributed by atoms with Gasteiger partial charge in [0.1, 0.15) is 0 Å². The molecule has 0 aliphatic carbocycles. The quantitative estimate of drug-likeness (QED) is 0.633. The van der Waals surface area contributed by atoms with Crippen LogP contribution in [0.25, 0.3) is 0 Å². The largest absolute Gasteiger partial charge is 0.427 e. The molecule has 0 N–H and O–H groups in total. The van der Waals surface area contributed by atoms with Crippen molar-refractivity contribution in [2.24, 2.45) is 0 Å². The number of carbonyl (C=O) groups excluding carboxylic acids is 1. The number of hydrogen-bond donors (Lipinski definition) is 0. The van der Waals surface area contributed by atoms with Crippen molar-refractivity contribution >= 4 is 29.5 Å². The average Bonchev–Trinajstić information content (AvgIpc) is 2.97. The van der Waals surface area contributed by atoms with Crippen molar-refractivity contribution in [3.8, 4) is 0 Å². The highest BCUT2D eigenvalue weighted by Gasteiger charge is 2.23. The summed E-state index contributed by atoms with van der Waals surface area (Å²) in [6.45, 7) is 4.88. The summed E-state index contributed by atoms with van der Waals surface area (Å²) in [6.07, 6.45) is 0.474. The third-order valence-corrected chi connectivity index (χ3v) is 4.67. The van der Waals surface area contributed by atoms with Crippen molar-refractivity contribution in [2.45, 2.75) is 26.8 Å². The van der Waals surface area contributed by atoms with E-state index in [0.717, 1.165) is 16.0 Å². The van der Waals surface area contributed by atoms with Gasteiger partial charge in [0.15, 0.2) is 5.78 Å². The molecule has 96 valence electrons. The van der Waals surface area contributed by atoms with E-state index in [1.165, 1.54) is 22.4 Å². The fourth-order valence-electron chi connectivity index (χ4n) is 2.49. The van der Waals surface area contributed by atoms with Gasteiger partial charge in [-0.1, -0.05) is 25.0 Å². The van der Waals surface area contributed by atoms with Gasteiger partial charge in [0.25, 0.3) is 0 Å².